The van der Waals surface area contributed by atoms with E-state index in [0.29, 0.717) is 37.4 Å². The third-order valence-corrected chi connectivity index (χ3v) is 6.08. The van der Waals surface area contributed by atoms with Gasteiger partial charge in [0.1, 0.15) is 12.1 Å². The molecule has 1 aliphatic rings. The van der Waals surface area contributed by atoms with Gasteiger partial charge in [-0.2, -0.15) is 18.2 Å². The van der Waals surface area contributed by atoms with E-state index >= 15 is 0 Å². The average molecular weight is 497 g/mol. The molecule has 1 aromatic carbocycles. The molecule has 1 aliphatic heterocycles. The van der Waals surface area contributed by atoms with Crippen LogP contribution in [0.2, 0.25) is 0 Å². The van der Waals surface area contributed by atoms with E-state index in [-0.39, 0.29) is 17.6 Å². The molecule has 5 rings (SSSR count). The fourth-order valence-electron chi connectivity index (χ4n) is 4.27. The van der Waals surface area contributed by atoms with Gasteiger partial charge in [-0.3, -0.25) is 9.78 Å². The van der Waals surface area contributed by atoms with Gasteiger partial charge in [-0.1, -0.05) is 17.3 Å². The smallest absolute Gasteiger partial charge is 0.369 e. The molecule has 3 aromatic heterocycles. The van der Waals surface area contributed by atoms with Crippen LogP contribution in [0.15, 0.2) is 53.4 Å². The van der Waals surface area contributed by atoms with Crippen LogP contribution in [0, 0.1) is 0 Å². The Kier molecular flexibility index (Phi) is 6.49. The summed E-state index contributed by atoms with van der Waals surface area (Å²) in [7, 11) is 0. The Bertz CT molecular complexity index is 1350. The number of carbonyl (C=O) groups is 1. The van der Waals surface area contributed by atoms with Crippen molar-refractivity contribution < 1.29 is 22.5 Å². The zero-order chi connectivity index (χ0) is 25.1. The van der Waals surface area contributed by atoms with E-state index in [0.717, 1.165) is 29.4 Å². The van der Waals surface area contributed by atoms with Crippen LogP contribution in [0.25, 0.3) is 22.3 Å². The predicted octanol–water partition coefficient (Wildman–Crippen LogP) is 4.30. The average Bonchev–Trinajstić information content (AvgIpc) is 3.40. The van der Waals surface area contributed by atoms with Crippen LogP contribution in [0.3, 0.4) is 0 Å². The number of nitrogens with one attached hydrogen (secondary N) is 1. The zero-order valence-corrected chi connectivity index (χ0v) is 19.1. The molecule has 12 heteroatoms. The van der Waals surface area contributed by atoms with Gasteiger partial charge in [0.15, 0.2) is 0 Å². The first kappa shape index (κ1) is 23.6. The standard InChI is InChI=1S/C24H22F3N7O2/c25-24(26,27)23-32-21(33-36-23)15-7-8-18(29-12-15)16-4-3-11-34(13-16)20(35)9-10-28-22-17-5-1-2-6-19(17)30-14-31-22/h1-2,5-8,12,14,16H,3-4,9-11,13H2,(H,28,30,31)/t16-/m1/s1. The first-order chi connectivity index (χ1) is 17.4. The van der Waals surface area contributed by atoms with Crippen molar-refractivity contribution in [1.82, 2.24) is 30.0 Å². The lowest BCUT2D eigenvalue weighted by molar-refractivity contribution is -0.159. The SMILES string of the molecule is O=C(CCNc1ncnc2ccccc12)N1CCC[C@@H](c2ccc(-c3noc(C(F)(F)F)n3)cn2)C1. The summed E-state index contributed by atoms with van der Waals surface area (Å²) < 4.78 is 42.4. The summed E-state index contributed by atoms with van der Waals surface area (Å²) in [6.07, 6.45) is 0.238. The van der Waals surface area contributed by atoms with Gasteiger partial charge in [-0.05, 0) is 37.1 Å². The van der Waals surface area contributed by atoms with Gasteiger partial charge in [-0.25, -0.2) is 9.97 Å². The number of fused-ring (bicyclic) bond motifs is 1. The topological polar surface area (TPSA) is 110 Å². The van der Waals surface area contributed by atoms with Crippen LogP contribution < -0.4 is 5.32 Å². The minimum atomic E-state index is -4.70. The number of aromatic nitrogens is 5. The van der Waals surface area contributed by atoms with Gasteiger partial charge in [-0.15, -0.1) is 0 Å². The van der Waals surface area contributed by atoms with Crippen molar-refractivity contribution in [2.45, 2.75) is 31.4 Å². The van der Waals surface area contributed by atoms with E-state index in [2.05, 4.69) is 34.9 Å². The number of alkyl halides is 3. The van der Waals surface area contributed by atoms with Crippen LogP contribution in [-0.2, 0) is 11.0 Å². The number of piperidine rings is 1. The lowest BCUT2D eigenvalue weighted by Crippen LogP contribution is -2.39. The van der Waals surface area contributed by atoms with Crippen molar-refractivity contribution >= 4 is 22.6 Å². The van der Waals surface area contributed by atoms with Crippen molar-refractivity contribution in [2.24, 2.45) is 0 Å². The largest absolute Gasteiger partial charge is 0.471 e. The molecule has 36 heavy (non-hydrogen) atoms. The van der Waals surface area contributed by atoms with Crippen molar-refractivity contribution in [3.63, 3.8) is 0 Å². The van der Waals surface area contributed by atoms with Crippen LogP contribution in [0.5, 0.6) is 0 Å². The van der Waals surface area contributed by atoms with E-state index in [1.807, 2.05) is 29.2 Å². The van der Waals surface area contributed by atoms with E-state index < -0.39 is 12.1 Å². The highest BCUT2D eigenvalue weighted by Gasteiger charge is 2.38. The second-order valence-electron chi connectivity index (χ2n) is 8.49. The van der Waals surface area contributed by atoms with Gasteiger partial charge in [0.05, 0.1) is 5.52 Å². The molecule has 4 aromatic rings. The van der Waals surface area contributed by atoms with Crippen LogP contribution >= 0.6 is 0 Å². The Hall–Kier alpha value is -4.09. The summed E-state index contributed by atoms with van der Waals surface area (Å²) >= 11 is 0. The van der Waals surface area contributed by atoms with E-state index in [1.165, 1.54) is 12.5 Å². The number of amides is 1. The number of likely N-dealkylation sites (tertiary alicyclic amines) is 1. The number of halogens is 3. The molecular weight excluding hydrogens is 475 g/mol. The molecule has 1 N–H and O–H groups in total. The first-order valence-corrected chi connectivity index (χ1v) is 11.5. The molecule has 0 aliphatic carbocycles. The van der Waals surface area contributed by atoms with Crippen molar-refractivity contribution in [1.29, 1.82) is 0 Å². The van der Waals surface area contributed by atoms with E-state index in [4.69, 9.17) is 0 Å². The fraction of sp³-hybridized carbons (Fsp3) is 0.333. The predicted molar refractivity (Wildman–Crippen MR) is 124 cm³/mol. The number of benzene rings is 1. The highest BCUT2D eigenvalue weighted by molar-refractivity contribution is 5.88. The molecule has 1 saturated heterocycles. The second kappa shape index (κ2) is 9.88. The van der Waals surface area contributed by atoms with Gasteiger partial charge < -0.3 is 14.7 Å². The number of hydrogen-bond acceptors (Lipinski definition) is 8. The molecule has 1 fully saturated rings. The minimum Gasteiger partial charge on any atom is -0.369 e. The fourth-order valence-corrected chi connectivity index (χ4v) is 4.27. The molecule has 0 bridgehead atoms. The van der Waals surface area contributed by atoms with E-state index in [1.54, 1.807) is 12.1 Å². The maximum Gasteiger partial charge on any atom is 0.471 e. The maximum atomic E-state index is 12.9. The van der Waals surface area contributed by atoms with Crippen LogP contribution in [0.1, 0.15) is 36.8 Å². The Morgan fingerprint density at radius 2 is 2.00 bits per heavy atom. The number of hydrogen-bond donors (Lipinski definition) is 1. The number of anilines is 1. The van der Waals surface area contributed by atoms with E-state index in [9.17, 15) is 18.0 Å². The van der Waals surface area contributed by atoms with Crippen LogP contribution in [0.4, 0.5) is 19.0 Å². The zero-order valence-electron chi connectivity index (χ0n) is 19.1. The number of pyridine rings is 1. The molecule has 1 atom stereocenters. The number of carbonyl (C=O) groups excluding carboxylic acids is 1. The lowest BCUT2D eigenvalue weighted by atomic mass is 9.93. The number of rotatable bonds is 6. The van der Waals surface area contributed by atoms with Crippen molar-refractivity contribution in [3.05, 3.63) is 60.5 Å². The lowest BCUT2D eigenvalue weighted by Gasteiger charge is -2.32. The normalized spacial score (nSPS) is 16.3. The summed E-state index contributed by atoms with van der Waals surface area (Å²) in [6, 6.07) is 11.0. The highest BCUT2D eigenvalue weighted by atomic mass is 19.4. The summed E-state index contributed by atoms with van der Waals surface area (Å²) in [5.74, 6) is -0.811. The second-order valence-corrected chi connectivity index (χ2v) is 8.49. The molecule has 186 valence electrons. The monoisotopic (exact) mass is 497 g/mol. The maximum absolute atomic E-state index is 12.9. The summed E-state index contributed by atoms with van der Waals surface area (Å²) in [4.78, 5) is 31.0. The summed E-state index contributed by atoms with van der Waals surface area (Å²) in [5, 5.41) is 7.52. The highest BCUT2D eigenvalue weighted by Crippen LogP contribution is 2.30. The molecule has 0 saturated carbocycles. The van der Waals surface area contributed by atoms with Gasteiger partial charge in [0.2, 0.25) is 11.7 Å². The Balaban J connectivity index is 1.17. The van der Waals surface area contributed by atoms with Gasteiger partial charge in [0.25, 0.3) is 0 Å². The Labute approximate surface area is 203 Å². The molecule has 0 radical (unpaired) electrons. The Morgan fingerprint density at radius 3 is 2.78 bits per heavy atom. The quantitative estimate of drug-likeness (QED) is 0.420. The molecule has 1 amide bonds. The third-order valence-electron chi connectivity index (χ3n) is 6.08. The van der Waals surface area contributed by atoms with Crippen molar-refractivity contribution in [2.75, 3.05) is 25.0 Å². The molecule has 0 unspecified atom stereocenters. The molecular formula is C24H22F3N7O2. The third kappa shape index (κ3) is 5.11. The first-order valence-electron chi connectivity index (χ1n) is 11.5. The molecule has 4 heterocycles. The number of nitrogens with zero attached hydrogens (tertiary/aromatic N) is 6. The minimum absolute atomic E-state index is 0.0338. The summed E-state index contributed by atoms with van der Waals surface area (Å²) in [5.41, 5.74) is 1.92. The van der Waals surface area contributed by atoms with Gasteiger partial charge in [0, 0.05) is 54.8 Å². The summed E-state index contributed by atoms with van der Waals surface area (Å²) in [6.45, 7) is 1.65. The number of para-hydroxylation sites is 1. The van der Waals surface area contributed by atoms with Crippen molar-refractivity contribution in [3.8, 4) is 11.4 Å². The molecule has 9 nitrogen and oxygen atoms in total. The Morgan fingerprint density at radius 1 is 1.14 bits per heavy atom. The molecule has 0 spiro atoms. The van der Waals surface area contributed by atoms with Gasteiger partial charge >= 0.3 is 12.1 Å². The van der Waals surface area contributed by atoms with Crippen LogP contribution in [-0.4, -0.2) is 55.5 Å².